The number of carbonyl (C=O) groups is 1. The molecule has 1 heterocycles. The lowest BCUT2D eigenvalue weighted by molar-refractivity contribution is -0.132. The maximum Gasteiger partial charge on any atom is 0.223 e. The minimum Gasteiger partial charge on any atom is -0.343 e. The topological polar surface area (TPSA) is 58.4 Å². The minimum atomic E-state index is 0.328. The summed E-state index contributed by atoms with van der Waals surface area (Å²) in [6.45, 7) is 2.77. The van der Waals surface area contributed by atoms with E-state index in [0.717, 1.165) is 32.5 Å². The third kappa shape index (κ3) is 4.25. The fourth-order valence-corrected chi connectivity index (χ4v) is 3.01. The molecule has 18 heavy (non-hydrogen) atoms. The summed E-state index contributed by atoms with van der Waals surface area (Å²) >= 11 is 0. The van der Waals surface area contributed by atoms with Gasteiger partial charge in [0.2, 0.25) is 5.91 Å². The summed E-state index contributed by atoms with van der Waals surface area (Å²) in [5.41, 5.74) is 5.88. The molecule has 0 unspecified atom stereocenters. The van der Waals surface area contributed by atoms with E-state index >= 15 is 0 Å². The van der Waals surface area contributed by atoms with E-state index in [-0.39, 0.29) is 0 Å². The molecule has 0 aromatic rings. The largest absolute Gasteiger partial charge is 0.343 e. The van der Waals surface area contributed by atoms with Crippen LogP contribution in [0.25, 0.3) is 0 Å². The Morgan fingerprint density at radius 2 is 1.78 bits per heavy atom. The molecular formula is C14H27N3O. The van der Waals surface area contributed by atoms with Gasteiger partial charge in [-0.05, 0) is 44.9 Å². The molecule has 1 amide bonds. The average molecular weight is 253 g/mol. The molecule has 0 bridgehead atoms. The lowest BCUT2D eigenvalue weighted by atomic mass is 9.92. The molecule has 4 heteroatoms. The van der Waals surface area contributed by atoms with Gasteiger partial charge in [0.25, 0.3) is 0 Å². The molecule has 1 aliphatic heterocycles. The van der Waals surface area contributed by atoms with Crippen molar-refractivity contribution in [2.45, 2.75) is 63.5 Å². The fraction of sp³-hybridized carbons (Fsp3) is 0.929. The van der Waals surface area contributed by atoms with E-state index in [4.69, 9.17) is 5.73 Å². The third-order valence-electron chi connectivity index (χ3n) is 4.25. The van der Waals surface area contributed by atoms with Crippen molar-refractivity contribution in [1.82, 2.24) is 10.2 Å². The zero-order valence-corrected chi connectivity index (χ0v) is 11.4. The van der Waals surface area contributed by atoms with Crippen molar-refractivity contribution < 1.29 is 4.79 Å². The maximum atomic E-state index is 12.0. The van der Waals surface area contributed by atoms with Crippen LogP contribution < -0.4 is 11.1 Å². The highest BCUT2D eigenvalue weighted by Crippen LogP contribution is 2.17. The highest BCUT2D eigenvalue weighted by Gasteiger charge is 2.19. The first kappa shape index (κ1) is 13.8. The van der Waals surface area contributed by atoms with Crippen LogP contribution in [0.1, 0.15) is 51.4 Å². The maximum absolute atomic E-state index is 12.0. The van der Waals surface area contributed by atoms with E-state index in [9.17, 15) is 4.79 Å². The summed E-state index contributed by atoms with van der Waals surface area (Å²) in [7, 11) is 0. The predicted octanol–water partition coefficient (Wildman–Crippen LogP) is 1.25. The van der Waals surface area contributed by atoms with Crippen molar-refractivity contribution in [3.8, 4) is 0 Å². The normalized spacial score (nSPS) is 29.3. The highest BCUT2D eigenvalue weighted by atomic mass is 16.2. The molecule has 0 radical (unpaired) electrons. The van der Waals surface area contributed by atoms with Gasteiger partial charge in [-0.2, -0.15) is 0 Å². The van der Waals surface area contributed by atoms with Crippen molar-refractivity contribution in [3.05, 3.63) is 0 Å². The van der Waals surface area contributed by atoms with E-state index < -0.39 is 0 Å². The monoisotopic (exact) mass is 253 g/mol. The minimum absolute atomic E-state index is 0.328. The molecule has 0 atom stereocenters. The first-order valence-electron chi connectivity index (χ1n) is 7.52. The predicted molar refractivity (Wildman–Crippen MR) is 73.3 cm³/mol. The molecule has 1 saturated heterocycles. The van der Waals surface area contributed by atoms with E-state index in [1.165, 1.54) is 32.1 Å². The standard InChI is InChI=1S/C14H27N3O/c15-12-4-6-13(7-5-12)16-9-8-14(18)17-10-2-1-3-11-17/h12-13,16H,1-11,15H2. The van der Waals surface area contributed by atoms with E-state index in [1.807, 2.05) is 4.90 Å². The number of piperidine rings is 1. The van der Waals surface area contributed by atoms with Gasteiger partial charge in [0, 0.05) is 38.1 Å². The van der Waals surface area contributed by atoms with E-state index in [0.29, 0.717) is 24.4 Å². The Morgan fingerprint density at radius 3 is 2.44 bits per heavy atom. The van der Waals surface area contributed by atoms with Gasteiger partial charge in [0.15, 0.2) is 0 Å². The summed E-state index contributed by atoms with van der Waals surface area (Å²) in [5.74, 6) is 0.328. The van der Waals surface area contributed by atoms with Gasteiger partial charge in [-0.3, -0.25) is 4.79 Å². The summed E-state index contributed by atoms with van der Waals surface area (Å²) < 4.78 is 0. The van der Waals surface area contributed by atoms with Crippen LogP contribution in [0.4, 0.5) is 0 Å². The number of amides is 1. The molecule has 3 N–H and O–H groups in total. The SMILES string of the molecule is NC1CCC(NCCC(=O)N2CCCCC2)CC1. The van der Waals surface area contributed by atoms with E-state index in [1.54, 1.807) is 0 Å². The number of carbonyl (C=O) groups excluding carboxylic acids is 1. The van der Waals surface area contributed by atoms with Gasteiger partial charge in [-0.25, -0.2) is 0 Å². The molecule has 2 aliphatic rings. The number of hydrogen-bond acceptors (Lipinski definition) is 3. The molecule has 2 rings (SSSR count). The van der Waals surface area contributed by atoms with Gasteiger partial charge in [-0.15, -0.1) is 0 Å². The van der Waals surface area contributed by atoms with Gasteiger partial charge in [0.1, 0.15) is 0 Å². The second-order valence-electron chi connectivity index (χ2n) is 5.76. The lowest BCUT2D eigenvalue weighted by Gasteiger charge is -2.29. The van der Waals surface area contributed by atoms with Gasteiger partial charge < -0.3 is 16.0 Å². The number of hydrogen-bond donors (Lipinski definition) is 2. The number of rotatable bonds is 4. The fourth-order valence-electron chi connectivity index (χ4n) is 3.01. The Bertz CT molecular complexity index is 256. The van der Waals surface area contributed by atoms with Crippen molar-refractivity contribution in [3.63, 3.8) is 0 Å². The van der Waals surface area contributed by atoms with Crippen LogP contribution >= 0.6 is 0 Å². The van der Waals surface area contributed by atoms with E-state index in [2.05, 4.69) is 5.32 Å². The highest BCUT2D eigenvalue weighted by molar-refractivity contribution is 5.76. The second-order valence-corrected chi connectivity index (χ2v) is 5.76. The lowest BCUT2D eigenvalue weighted by Crippen LogP contribution is -2.40. The molecule has 0 aromatic heterocycles. The Hall–Kier alpha value is -0.610. The molecule has 0 aromatic carbocycles. The number of nitrogens with two attached hydrogens (primary N) is 1. The zero-order chi connectivity index (χ0) is 12.8. The molecule has 1 aliphatic carbocycles. The van der Waals surface area contributed by atoms with Gasteiger partial charge in [-0.1, -0.05) is 0 Å². The summed E-state index contributed by atoms with van der Waals surface area (Å²) in [6.07, 6.45) is 8.87. The molecule has 0 spiro atoms. The van der Waals surface area contributed by atoms with Gasteiger partial charge >= 0.3 is 0 Å². The number of likely N-dealkylation sites (tertiary alicyclic amines) is 1. The Balaban J connectivity index is 1.58. The van der Waals surface area contributed by atoms with Crippen LogP contribution in [-0.4, -0.2) is 42.5 Å². The first-order valence-corrected chi connectivity index (χ1v) is 7.52. The van der Waals surface area contributed by atoms with Crippen molar-refractivity contribution in [2.24, 2.45) is 5.73 Å². The Kier molecular flexibility index (Phi) is 5.45. The zero-order valence-electron chi connectivity index (χ0n) is 11.4. The number of nitrogens with one attached hydrogen (secondary N) is 1. The Morgan fingerprint density at radius 1 is 1.11 bits per heavy atom. The van der Waals surface area contributed by atoms with Crippen molar-refractivity contribution in [2.75, 3.05) is 19.6 Å². The van der Waals surface area contributed by atoms with Crippen LogP contribution in [0.3, 0.4) is 0 Å². The third-order valence-corrected chi connectivity index (χ3v) is 4.25. The summed E-state index contributed by atoms with van der Waals surface area (Å²) in [4.78, 5) is 14.0. The molecule has 1 saturated carbocycles. The first-order chi connectivity index (χ1) is 8.75. The van der Waals surface area contributed by atoms with Gasteiger partial charge in [0.05, 0.1) is 0 Å². The smallest absolute Gasteiger partial charge is 0.223 e. The van der Waals surface area contributed by atoms with Crippen molar-refractivity contribution >= 4 is 5.91 Å². The quantitative estimate of drug-likeness (QED) is 0.793. The molecule has 2 fully saturated rings. The summed E-state index contributed by atoms with van der Waals surface area (Å²) in [6, 6.07) is 0.983. The summed E-state index contributed by atoms with van der Waals surface area (Å²) in [5, 5.41) is 3.51. The molecule has 104 valence electrons. The second kappa shape index (κ2) is 7.10. The van der Waals surface area contributed by atoms with Crippen LogP contribution in [0.2, 0.25) is 0 Å². The van der Waals surface area contributed by atoms with Crippen LogP contribution in [0, 0.1) is 0 Å². The van der Waals surface area contributed by atoms with Crippen LogP contribution in [-0.2, 0) is 4.79 Å². The van der Waals surface area contributed by atoms with Crippen LogP contribution in [0.5, 0.6) is 0 Å². The molecular weight excluding hydrogens is 226 g/mol. The van der Waals surface area contributed by atoms with Crippen LogP contribution in [0.15, 0.2) is 0 Å². The van der Waals surface area contributed by atoms with Crippen molar-refractivity contribution in [1.29, 1.82) is 0 Å². The average Bonchev–Trinajstić information content (AvgIpc) is 2.42. The Labute approximate surface area is 110 Å². The number of nitrogens with zero attached hydrogens (tertiary/aromatic N) is 1. The molecule has 4 nitrogen and oxygen atoms in total.